The molecule has 1 aromatic rings. The molecular weight excluding hydrogens is 236 g/mol. The number of halogens is 1. The highest BCUT2D eigenvalue weighted by Crippen LogP contribution is 2.07. The Balaban J connectivity index is 2.64. The van der Waals surface area contributed by atoms with E-state index < -0.39 is 11.9 Å². The average molecular weight is 245 g/mol. The van der Waals surface area contributed by atoms with Crippen molar-refractivity contribution in [1.29, 1.82) is 0 Å². The Labute approximate surface area is 84.2 Å². The van der Waals surface area contributed by atoms with Crippen molar-refractivity contribution in [1.82, 2.24) is 9.97 Å². The maximum absolute atomic E-state index is 10.5. The fourth-order valence-electron chi connectivity index (χ4n) is 0.806. The van der Waals surface area contributed by atoms with Gasteiger partial charge in [0.05, 0.1) is 10.4 Å². The van der Waals surface area contributed by atoms with Crippen molar-refractivity contribution in [3.8, 4) is 0 Å². The third-order valence-corrected chi connectivity index (χ3v) is 1.99. The van der Waals surface area contributed by atoms with Gasteiger partial charge in [0.1, 0.15) is 5.82 Å². The van der Waals surface area contributed by atoms with Crippen LogP contribution in [-0.4, -0.2) is 21.0 Å². The molecule has 0 saturated heterocycles. The molecule has 0 amide bonds. The van der Waals surface area contributed by atoms with Crippen molar-refractivity contribution in [2.24, 2.45) is 5.92 Å². The summed E-state index contributed by atoms with van der Waals surface area (Å²) in [6, 6.07) is 0. The van der Waals surface area contributed by atoms with Gasteiger partial charge in [-0.1, -0.05) is 6.92 Å². The minimum atomic E-state index is -0.827. The van der Waals surface area contributed by atoms with Gasteiger partial charge >= 0.3 is 5.97 Å². The number of hydrogen-bond donors (Lipinski definition) is 1. The first-order valence-corrected chi connectivity index (χ1v) is 4.58. The quantitative estimate of drug-likeness (QED) is 0.876. The number of carbonyl (C=O) groups is 1. The summed E-state index contributed by atoms with van der Waals surface area (Å²) in [4.78, 5) is 18.5. The van der Waals surface area contributed by atoms with Gasteiger partial charge < -0.3 is 5.11 Å². The third kappa shape index (κ3) is 3.10. The first-order valence-electron chi connectivity index (χ1n) is 3.79. The normalized spacial score (nSPS) is 12.5. The number of aromatic nitrogens is 2. The molecule has 1 unspecified atom stereocenters. The van der Waals surface area contributed by atoms with Crippen LogP contribution in [-0.2, 0) is 11.2 Å². The summed E-state index contributed by atoms with van der Waals surface area (Å²) in [5.41, 5.74) is 0. The van der Waals surface area contributed by atoms with Gasteiger partial charge in [0.25, 0.3) is 0 Å². The van der Waals surface area contributed by atoms with E-state index in [-0.39, 0.29) is 0 Å². The van der Waals surface area contributed by atoms with Gasteiger partial charge in [-0.15, -0.1) is 0 Å². The zero-order valence-corrected chi connectivity index (χ0v) is 8.65. The second kappa shape index (κ2) is 4.32. The summed E-state index contributed by atoms with van der Waals surface area (Å²) in [6.45, 7) is 1.63. The average Bonchev–Trinajstić information content (AvgIpc) is 2.08. The van der Waals surface area contributed by atoms with Crippen molar-refractivity contribution >= 4 is 21.9 Å². The number of nitrogens with zero attached hydrogens (tertiary/aromatic N) is 2. The maximum atomic E-state index is 10.5. The van der Waals surface area contributed by atoms with Crippen LogP contribution in [0.15, 0.2) is 16.9 Å². The molecule has 1 aromatic heterocycles. The van der Waals surface area contributed by atoms with E-state index in [1.165, 1.54) is 0 Å². The van der Waals surface area contributed by atoms with Crippen LogP contribution in [0.25, 0.3) is 0 Å². The van der Waals surface area contributed by atoms with E-state index in [1.54, 1.807) is 19.3 Å². The Morgan fingerprint density at radius 2 is 2.15 bits per heavy atom. The minimum Gasteiger partial charge on any atom is -0.481 e. The molecule has 0 spiro atoms. The molecule has 1 heterocycles. The van der Waals surface area contributed by atoms with Crippen LogP contribution < -0.4 is 0 Å². The lowest BCUT2D eigenvalue weighted by Gasteiger charge is -2.03. The molecule has 0 bridgehead atoms. The fourth-order valence-corrected chi connectivity index (χ4v) is 1.01. The lowest BCUT2D eigenvalue weighted by molar-refractivity contribution is -0.141. The van der Waals surface area contributed by atoms with Gasteiger partial charge in [-0.2, -0.15) is 0 Å². The third-order valence-electron chi connectivity index (χ3n) is 1.58. The highest BCUT2D eigenvalue weighted by Gasteiger charge is 2.12. The molecule has 4 nitrogen and oxygen atoms in total. The van der Waals surface area contributed by atoms with Crippen molar-refractivity contribution in [3.63, 3.8) is 0 Å². The SMILES string of the molecule is CC(Cc1ncc(Br)cn1)C(=O)O. The lowest BCUT2D eigenvalue weighted by atomic mass is 10.1. The summed E-state index contributed by atoms with van der Waals surface area (Å²) in [5, 5.41) is 8.63. The molecule has 0 aliphatic carbocycles. The highest BCUT2D eigenvalue weighted by atomic mass is 79.9. The molecule has 1 N–H and O–H groups in total. The van der Waals surface area contributed by atoms with Crippen molar-refractivity contribution in [3.05, 3.63) is 22.7 Å². The largest absolute Gasteiger partial charge is 0.481 e. The van der Waals surface area contributed by atoms with Gasteiger partial charge in [-0.05, 0) is 15.9 Å². The molecule has 13 heavy (non-hydrogen) atoms. The highest BCUT2D eigenvalue weighted by molar-refractivity contribution is 9.10. The summed E-state index contributed by atoms with van der Waals surface area (Å²) in [6.07, 6.45) is 3.58. The van der Waals surface area contributed by atoms with Gasteiger partial charge in [-0.25, -0.2) is 9.97 Å². The minimum absolute atomic E-state index is 0.364. The number of aliphatic carboxylic acids is 1. The van der Waals surface area contributed by atoms with E-state index in [0.717, 1.165) is 4.47 Å². The van der Waals surface area contributed by atoms with Gasteiger partial charge in [-0.3, -0.25) is 4.79 Å². The molecule has 70 valence electrons. The van der Waals surface area contributed by atoms with E-state index in [0.29, 0.717) is 12.2 Å². The van der Waals surface area contributed by atoms with Crippen LogP contribution >= 0.6 is 15.9 Å². The lowest BCUT2D eigenvalue weighted by Crippen LogP contribution is -2.13. The standard InChI is InChI=1S/C8H9BrN2O2/c1-5(8(12)13)2-7-10-3-6(9)4-11-7/h3-5H,2H2,1H3,(H,12,13). The molecule has 0 radical (unpaired) electrons. The van der Waals surface area contributed by atoms with Crippen molar-refractivity contribution < 1.29 is 9.90 Å². The molecule has 0 aliphatic rings. The number of carboxylic acid groups (broad SMARTS) is 1. The molecule has 1 rings (SSSR count). The molecule has 1 atom stereocenters. The van der Waals surface area contributed by atoms with E-state index in [2.05, 4.69) is 25.9 Å². The Bertz CT molecular complexity index is 300. The van der Waals surface area contributed by atoms with Crippen LogP contribution in [0.3, 0.4) is 0 Å². The summed E-state index contributed by atoms with van der Waals surface area (Å²) in [5.74, 6) is -0.717. The smallest absolute Gasteiger partial charge is 0.306 e. The van der Waals surface area contributed by atoms with E-state index in [9.17, 15) is 4.79 Å². The van der Waals surface area contributed by atoms with E-state index in [4.69, 9.17) is 5.11 Å². The van der Waals surface area contributed by atoms with Crippen molar-refractivity contribution in [2.75, 3.05) is 0 Å². The Kier molecular flexibility index (Phi) is 3.36. The van der Waals surface area contributed by atoms with Crippen LogP contribution in [0.4, 0.5) is 0 Å². The number of rotatable bonds is 3. The monoisotopic (exact) mass is 244 g/mol. The molecule has 0 aliphatic heterocycles. The van der Waals surface area contributed by atoms with Crippen LogP contribution in [0.1, 0.15) is 12.7 Å². The molecular formula is C8H9BrN2O2. The van der Waals surface area contributed by atoms with E-state index >= 15 is 0 Å². The number of hydrogen-bond acceptors (Lipinski definition) is 3. The summed E-state index contributed by atoms with van der Waals surface area (Å²) in [7, 11) is 0. The first-order chi connectivity index (χ1) is 6.09. The van der Waals surface area contributed by atoms with Crippen LogP contribution in [0.2, 0.25) is 0 Å². The van der Waals surface area contributed by atoms with Gasteiger partial charge in [0.2, 0.25) is 0 Å². The maximum Gasteiger partial charge on any atom is 0.306 e. The second-order valence-corrected chi connectivity index (χ2v) is 3.68. The molecule has 5 heteroatoms. The van der Waals surface area contributed by atoms with E-state index in [1.807, 2.05) is 0 Å². The predicted octanol–water partition coefficient (Wildman–Crippen LogP) is 1.50. The topological polar surface area (TPSA) is 63.1 Å². The molecule has 0 aromatic carbocycles. The van der Waals surface area contributed by atoms with Crippen LogP contribution in [0.5, 0.6) is 0 Å². The van der Waals surface area contributed by atoms with Crippen LogP contribution in [0, 0.1) is 5.92 Å². The van der Waals surface area contributed by atoms with Crippen molar-refractivity contribution in [2.45, 2.75) is 13.3 Å². The zero-order valence-electron chi connectivity index (χ0n) is 7.07. The predicted molar refractivity (Wildman–Crippen MR) is 50.2 cm³/mol. The Morgan fingerprint density at radius 1 is 1.62 bits per heavy atom. The molecule has 0 saturated carbocycles. The Hall–Kier alpha value is -0.970. The summed E-state index contributed by atoms with van der Waals surface area (Å²) < 4.78 is 0.791. The summed E-state index contributed by atoms with van der Waals surface area (Å²) >= 11 is 3.20. The first kappa shape index (κ1) is 10.1. The molecule has 0 fully saturated rings. The fraction of sp³-hybridized carbons (Fsp3) is 0.375. The zero-order chi connectivity index (χ0) is 9.84. The Morgan fingerprint density at radius 3 is 2.62 bits per heavy atom. The number of carboxylic acids is 1. The second-order valence-electron chi connectivity index (χ2n) is 2.76. The van der Waals surface area contributed by atoms with Gasteiger partial charge in [0.15, 0.2) is 0 Å². The van der Waals surface area contributed by atoms with Gasteiger partial charge in [0, 0.05) is 18.8 Å².